The Morgan fingerprint density at radius 1 is 0.882 bits per heavy atom. The highest BCUT2D eigenvalue weighted by Crippen LogP contribution is 2.20. The van der Waals surface area contributed by atoms with Crippen molar-refractivity contribution >= 4 is 0 Å². The average molecular weight is 245 g/mol. The van der Waals surface area contributed by atoms with Gasteiger partial charge in [-0.05, 0) is 26.2 Å². The monoisotopic (exact) mass is 245 g/mol. The Balaban J connectivity index is 0. The third kappa shape index (κ3) is 12.2. The predicted octanol–water partition coefficient (Wildman–Crippen LogP) is 4.07. The van der Waals surface area contributed by atoms with Gasteiger partial charge in [0.05, 0.1) is 0 Å². The van der Waals surface area contributed by atoms with Crippen LogP contribution in [0.5, 0.6) is 0 Å². The van der Waals surface area contributed by atoms with Crippen molar-refractivity contribution in [2.45, 2.75) is 91.0 Å². The fraction of sp³-hybridized carbons (Fsp3) is 1.00. The Hall–Kier alpha value is -0.0800. The molecule has 1 unspecified atom stereocenters. The van der Waals surface area contributed by atoms with Gasteiger partial charge in [0, 0.05) is 5.54 Å². The van der Waals surface area contributed by atoms with Gasteiger partial charge in [-0.25, -0.2) is 0 Å². The van der Waals surface area contributed by atoms with Crippen LogP contribution in [0.3, 0.4) is 0 Å². The first-order valence-corrected chi connectivity index (χ1v) is 7.27. The molecule has 4 N–H and O–H groups in total. The molecule has 106 valence electrons. The summed E-state index contributed by atoms with van der Waals surface area (Å²) in [4.78, 5) is 0. The second kappa shape index (κ2) is 11.0. The van der Waals surface area contributed by atoms with E-state index in [1.165, 1.54) is 57.8 Å². The number of unbranched alkanes of at least 4 members (excludes halogenated alkanes) is 7. The molecule has 0 aliphatic carbocycles. The van der Waals surface area contributed by atoms with Gasteiger partial charge in [-0.1, -0.05) is 65.2 Å². The Morgan fingerprint density at radius 3 is 1.71 bits per heavy atom. The quantitative estimate of drug-likeness (QED) is 0.580. The summed E-state index contributed by atoms with van der Waals surface area (Å²) in [5.74, 6) is 0.646. The summed E-state index contributed by atoms with van der Waals surface area (Å²) in [7, 11) is 0. The molecule has 0 aliphatic heterocycles. The highest BCUT2D eigenvalue weighted by atomic mass is 16.0. The lowest BCUT2D eigenvalue weighted by molar-refractivity contribution is 0.316. The van der Waals surface area contributed by atoms with E-state index in [1.54, 1.807) is 0 Å². The van der Waals surface area contributed by atoms with Gasteiger partial charge in [0.15, 0.2) is 0 Å². The molecular formula is C15H35NO. The van der Waals surface area contributed by atoms with E-state index >= 15 is 0 Å². The van der Waals surface area contributed by atoms with Crippen molar-refractivity contribution in [3.05, 3.63) is 0 Å². The third-order valence-corrected chi connectivity index (χ3v) is 3.76. The molecule has 2 nitrogen and oxygen atoms in total. The molecule has 0 aliphatic rings. The van der Waals surface area contributed by atoms with E-state index in [9.17, 15) is 0 Å². The summed E-state index contributed by atoms with van der Waals surface area (Å²) < 4.78 is 0. The van der Waals surface area contributed by atoms with Crippen molar-refractivity contribution in [1.82, 2.24) is 0 Å². The Morgan fingerprint density at radius 2 is 1.29 bits per heavy atom. The summed E-state index contributed by atoms with van der Waals surface area (Å²) in [5.41, 5.74) is 6.08. The Kier molecular flexibility index (Phi) is 12.5. The van der Waals surface area contributed by atoms with Crippen LogP contribution in [0.1, 0.15) is 85.5 Å². The van der Waals surface area contributed by atoms with E-state index in [0.717, 1.165) is 0 Å². The van der Waals surface area contributed by atoms with Gasteiger partial charge < -0.3 is 11.2 Å². The smallest absolute Gasteiger partial charge is 0.0123 e. The van der Waals surface area contributed by atoms with Crippen molar-refractivity contribution in [2.24, 2.45) is 11.7 Å². The predicted molar refractivity (Wildman–Crippen MR) is 78.3 cm³/mol. The molecule has 0 aromatic heterocycles. The molecule has 0 fully saturated rings. The van der Waals surface area contributed by atoms with Crippen LogP contribution in [0.25, 0.3) is 0 Å². The highest BCUT2D eigenvalue weighted by molar-refractivity contribution is 4.78. The fourth-order valence-corrected chi connectivity index (χ4v) is 1.96. The molecule has 1 atom stereocenters. The van der Waals surface area contributed by atoms with E-state index < -0.39 is 0 Å². The number of rotatable bonds is 10. The zero-order valence-corrected chi connectivity index (χ0v) is 12.5. The van der Waals surface area contributed by atoms with Gasteiger partial charge >= 0.3 is 0 Å². The van der Waals surface area contributed by atoms with Gasteiger partial charge in [0.2, 0.25) is 0 Å². The zero-order valence-electron chi connectivity index (χ0n) is 12.5. The van der Waals surface area contributed by atoms with Crippen LogP contribution in [-0.4, -0.2) is 11.0 Å². The second-order valence-electron chi connectivity index (χ2n) is 5.99. The summed E-state index contributed by atoms with van der Waals surface area (Å²) in [5, 5.41) is 0. The van der Waals surface area contributed by atoms with Gasteiger partial charge in [-0.2, -0.15) is 0 Å². The molecule has 0 rings (SSSR count). The first kappa shape index (κ1) is 19.3. The zero-order chi connectivity index (χ0) is 12.4. The van der Waals surface area contributed by atoms with Crippen LogP contribution in [-0.2, 0) is 0 Å². The first-order valence-electron chi connectivity index (χ1n) is 7.27. The van der Waals surface area contributed by atoms with Gasteiger partial charge in [0.25, 0.3) is 0 Å². The molecule has 0 aromatic carbocycles. The molecule has 0 amide bonds. The molecule has 17 heavy (non-hydrogen) atoms. The van der Waals surface area contributed by atoms with Gasteiger partial charge in [-0.3, -0.25) is 0 Å². The molecule has 0 bridgehead atoms. The van der Waals surface area contributed by atoms with Crippen molar-refractivity contribution in [3.63, 3.8) is 0 Å². The van der Waals surface area contributed by atoms with Crippen LogP contribution >= 0.6 is 0 Å². The maximum absolute atomic E-state index is 6.07. The molecular weight excluding hydrogens is 210 g/mol. The van der Waals surface area contributed by atoms with E-state index in [1.807, 2.05) is 0 Å². The van der Waals surface area contributed by atoms with Crippen LogP contribution in [0.15, 0.2) is 0 Å². The first-order chi connectivity index (χ1) is 7.48. The lowest BCUT2D eigenvalue weighted by Crippen LogP contribution is -2.39. The van der Waals surface area contributed by atoms with Crippen LogP contribution < -0.4 is 5.73 Å². The molecule has 0 heterocycles. The summed E-state index contributed by atoms with van der Waals surface area (Å²) in [6.45, 7) is 8.84. The van der Waals surface area contributed by atoms with Crippen molar-refractivity contribution < 1.29 is 5.48 Å². The van der Waals surface area contributed by atoms with Crippen LogP contribution in [0.4, 0.5) is 0 Å². The summed E-state index contributed by atoms with van der Waals surface area (Å²) >= 11 is 0. The van der Waals surface area contributed by atoms with E-state index in [0.29, 0.717) is 5.92 Å². The molecule has 2 heteroatoms. The van der Waals surface area contributed by atoms with Crippen molar-refractivity contribution in [2.75, 3.05) is 0 Å². The lowest BCUT2D eigenvalue weighted by Gasteiger charge is -2.27. The van der Waals surface area contributed by atoms with E-state index in [2.05, 4.69) is 27.7 Å². The second-order valence-corrected chi connectivity index (χ2v) is 5.99. The third-order valence-electron chi connectivity index (χ3n) is 3.76. The normalized spacial score (nSPS) is 13.2. The lowest BCUT2D eigenvalue weighted by atomic mass is 9.86. The largest absolute Gasteiger partial charge is 0.412 e. The Bertz CT molecular complexity index is 151. The molecule has 0 spiro atoms. The number of hydrogen-bond acceptors (Lipinski definition) is 1. The topological polar surface area (TPSA) is 57.5 Å². The number of nitrogens with two attached hydrogens (primary N) is 1. The molecule has 0 radical (unpaired) electrons. The van der Waals surface area contributed by atoms with Gasteiger partial charge in [-0.15, -0.1) is 0 Å². The maximum atomic E-state index is 6.07. The highest BCUT2D eigenvalue weighted by Gasteiger charge is 2.19. The molecule has 0 aromatic rings. The standard InChI is InChI=1S/C15H33N.H2O/c1-5-6-7-8-9-10-11-12-13-14(2)15(3,4)16;/h14H,5-13,16H2,1-4H3;1H2. The molecule has 0 saturated heterocycles. The van der Waals surface area contributed by atoms with Crippen molar-refractivity contribution in [3.8, 4) is 0 Å². The summed E-state index contributed by atoms with van der Waals surface area (Å²) in [6.07, 6.45) is 12.5. The minimum Gasteiger partial charge on any atom is -0.412 e. The SMILES string of the molecule is CCCCCCCCCCC(C)C(C)(C)N.O. The average Bonchev–Trinajstić information content (AvgIpc) is 2.20. The van der Waals surface area contributed by atoms with E-state index in [-0.39, 0.29) is 11.0 Å². The maximum Gasteiger partial charge on any atom is 0.0123 e. The molecule has 0 saturated carbocycles. The summed E-state index contributed by atoms with van der Waals surface area (Å²) in [6, 6.07) is 0. The van der Waals surface area contributed by atoms with E-state index in [4.69, 9.17) is 5.73 Å². The van der Waals surface area contributed by atoms with Crippen LogP contribution in [0, 0.1) is 5.92 Å². The minimum absolute atomic E-state index is 0. The Labute approximate surface area is 109 Å². The number of hydrogen-bond donors (Lipinski definition) is 1. The van der Waals surface area contributed by atoms with Crippen molar-refractivity contribution in [1.29, 1.82) is 0 Å². The fourth-order valence-electron chi connectivity index (χ4n) is 1.96. The van der Waals surface area contributed by atoms with Crippen LogP contribution in [0.2, 0.25) is 0 Å². The van der Waals surface area contributed by atoms with Gasteiger partial charge in [0.1, 0.15) is 0 Å². The minimum atomic E-state index is 0.